The van der Waals surface area contributed by atoms with Crippen molar-refractivity contribution in [2.24, 2.45) is 0 Å². The molecule has 3 aromatic carbocycles. The van der Waals surface area contributed by atoms with Crippen LogP contribution >= 0.6 is 0 Å². The van der Waals surface area contributed by atoms with Crippen molar-refractivity contribution in [2.45, 2.75) is 10.1 Å². The monoisotopic (exact) mass is 440 g/mol. The molecule has 158 valence electrons. The van der Waals surface area contributed by atoms with Gasteiger partial charge in [-0.25, -0.2) is 18.0 Å². The third-order valence-corrected chi connectivity index (χ3v) is 5.97. The second-order valence-corrected chi connectivity index (χ2v) is 7.93. The Morgan fingerprint density at radius 1 is 0.839 bits per heavy atom. The normalized spacial score (nSPS) is 11.9. The van der Waals surface area contributed by atoms with Crippen LogP contribution in [0.3, 0.4) is 0 Å². The van der Waals surface area contributed by atoms with Crippen molar-refractivity contribution in [1.29, 1.82) is 0 Å². The summed E-state index contributed by atoms with van der Waals surface area (Å²) in [6, 6.07) is 17.4. The maximum atomic E-state index is 14.2. The number of nitrogens with one attached hydrogen (secondary N) is 1. The molecule has 1 heterocycles. The molecule has 0 aliphatic carbocycles. The zero-order valence-corrected chi connectivity index (χ0v) is 17.5. The molecular weight excluding hydrogens is 422 g/mol. The maximum absolute atomic E-state index is 14.2. The average Bonchev–Trinajstić information content (AvgIpc) is 3.24. The Bertz CT molecular complexity index is 1170. The van der Waals surface area contributed by atoms with E-state index in [4.69, 9.17) is 9.47 Å². The quantitative estimate of drug-likeness (QED) is 0.447. The van der Waals surface area contributed by atoms with Crippen LogP contribution in [0, 0.1) is 11.6 Å². The van der Waals surface area contributed by atoms with Gasteiger partial charge in [-0.3, -0.25) is 0 Å². The molecule has 8 heteroatoms. The third-order valence-electron chi connectivity index (χ3n) is 4.69. The molecule has 4 aromatic rings. The summed E-state index contributed by atoms with van der Waals surface area (Å²) in [4.78, 5) is 7.41. The summed E-state index contributed by atoms with van der Waals surface area (Å²) in [7, 11) is 1.18. The number of hydrogen-bond acceptors (Lipinski definition) is 4. The van der Waals surface area contributed by atoms with Crippen LogP contribution in [0.4, 0.5) is 8.78 Å². The topological polar surface area (TPSA) is 64.2 Å². The molecule has 0 aliphatic rings. The zero-order chi connectivity index (χ0) is 22.0. The van der Waals surface area contributed by atoms with E-state index in [1.54, 1.807) is 38.5 Å². The molecule has 1 unspecified atom stereocenters. The molecule has 0 saturated carbocycles. The summed E-state index contributed by atoms with van der Waals surface area (Å²) in [6.45, 7) is 0. The molecule has 0 amide bonds. The van der Waals surface area contributed by atoms with Gasteiger partial charge in [0, 0.05) is 17.2 Å². The first-order valence-electron chi connectivity index (χ1n) is 9.26. The summed E-state index contributed by atoms with van der Waals surface area (Å²) >= 11 is 0. The average molecular weight is 440 g/mol. The van der Waals surface area contributed by atoms with Crippen molar-refractivity contribution in [1.82, 2.24) is 9.97 Å². The molecule has 0 spiro atoms. The van der Waals surface area contributed by atoms with Crippen molar-refractivity contribution < 1.29 is 22.5 Å². The second kappa shape index (κ2) is 8.69. The Kier molecular flexibility index (Phi) is 5.81. The predicted molar refractivity (Wildman–Crippen MR) is 114 cm³/mol. The molecular formula is C23H18F2N2O3S. The third kappa shape index (κ3) is 4.20. The van der Waals surface area contributed by atoms with E-state index in [-0.39, 0.29) is 10.1 Å². The number of ether oxygens (including phenoxy) is 2. The van der Waals surface area contributed by atoms with Crippen LogP contribution in [0.1, 0.15) is 0 Å². The Hall–Kier alpha value is -3.52. The van der Waals surface area contributed by atoms with E-state index in [9.17, 15) is 13.0 Å². The molecule has 5 nitrogen and oxygen atoms in total. The van der Waals surface area contributed by atoms with E-state index < -0.39 is 22.4 Å². The number of methoxy groups -OCH3 is 2. The molecule has 0 saturated heterocycles. The Labute approximate surface area is 180 Å². The van der Waals surface area contributed by atoms with Crippen LogP contribution in [-0.2, 0) is 10.8 Å². The molecule has 0 bridgehead atoms. The van der Waals surface area contributed by atoms with Crippen molar-refractivity contribution in [3.8, 4) is 34.0 Å². The highest BCUT2D eigenvalue weighted by molar-refractivity contribution is 7.85. The first kappa shape index (κ1) is 20.7. The number of aromatic nitrogens is 2. The van der Waals surface area contributed by atoms with Crippen molar-refractivity contribution >= 4 is 10.8 Å². The number of H-pyrrole nitrogens is 1. The van der Waals surface area contributed by atoms with E-state index >= 15 is 0 Å². The molecule has 0 fully saturated rings. The largest absolute Gasteiger partial charge is 0.497 e. The fourth-order valence-electron chi connectivity index (χ4n) is 3.09. The second-order valence-electron chi connectivity index (χ2n) is 6.57. The fourth-order valence-corrected chi connectivity index (χ4v) is 4.10. The lowest BCUT2D eigenvalue weighted by Crippen LogP contribution is -1.99. The standard InChI is InChI=1S/C23H18F2N2O3S/c1-29-17-8-3-14(4-9-17)21-22(15-5-10-18(30-2)11-6-15)27-23(26-21)31(28)20-12-7-16(24)13-19(20)25/h3-13H,1-2H3,(H,26,27). The van der Waals surface area contributed by atoms with Gasteiger partial charge < -0.3 is 14.5 Å². The minimum absolute atomic E-state index is 0.0575. The lowest BCUT2D eigenvalue weighted by atomic mass is 10.0. The number of halogens is 2. The van der Waals surface area contributed by atoms with Gasteiger partial charge in [-0.2, -0.15) is 0 Å². The van der Waals surface area contributed by atoms with Gasteiger partial charge in [0.2, 0.25) is 5.16 Å². The van der Waals surface area contributed by atoms with Gasteiger partial charge in [0.1, 0.15) is 33.9 Å². The minimum atomic E-state index is -1.97. The number of benzene rings is 3. The van der Waals surface area contributed by atoms with Gasteiger partial charge in [0.25, 0.3) is 0 Å². The van der Waals surface area contributed by atoms with Crippen LogP contribution in [0.25, 0.3) is 22.5 Å². The highest BCUT2D eigenvalue weighted by Crippen LogP contribution is 2.33. The van der Waals surface area contributed by atoms with Crippen molar-refractivity contribution in [3.63, 3.8) is 0 Å². The lowest BCUT2D eigenvalue weighted by molar-refractivity contribution is 0.414. The molecule has 0 aliphatic heterocycles. The van der Waals surface area contributed by atoms with Gasteiger partial charge in [-0.1, -0.05) is 0 Å². The van der Waals surface area contributed by atoms with Crippen LogP contribution in [0.15, 0.2) is 76.8 Å². The molecule has 1 atom stereocenters. The van der Waals surface area contributed by atoms with Gasteiger partial charge in [-0.05, 0) is 60.7 Å². The summed E-state index contributed by atoms with van der Waals surface area (Å²) < 4.78 is 50.9. The number of nitrogens with zero attached hydrogens (tertiary/aromatic N) is 1. The lowest BCUT2D eigenvalue weighted by Gasteiger charge is -2.06. The van der Waals surface area contributed by atoms with Crippen molar-refractivity contribution in [3.05, 3.63) is 78.4 Å². The first-order valence-corrected chi connectivity index (χ1v) is 10.4. The fraction of sp³-hybridized carbons (Fsp3) is 0.0870. The number of hydrogen-bond donors (Lipinski definition) is 1. The molecule has 1 N–H and O–H groups in total. The zero-order valence-electron chi connectivity index (χ0n) is 16.7. The first-order chi connectivity index (χ1) is 15.0. The van der Waals surface area contributed by atoms with Gasteiger partial charge in [0.15, 0.2) is 0 Å². The Morgan fingerprint density at radius 3 is 1.97 bits per heavy atom. The van der Waals surface area contributed by atoms with Gasteiger partial charge in [-0.15, -0.1) is 0 Å². The van der Waals surface area contributed by atoms with E-state index in [1.807, 2.05) is 24.3 Å². The summed E-state index contributed by atoms with van der Waals surface area (Å²) in [6.07, 6.45) is 0. The van der Waals surface area contributed by atoms with E-state index in [0.717, 1.165) is 23.3 Å². The van der Waals surface area contributed by atoms with Crippen LogP contribution < -0.4 is 9.47 Å². The highest BCUT2D eigenvalue weighted by atomic mass is 32.2. The van der Waals surface area contributed by atoms with Gasteiger partial charge in [0.05, 0.1) is 30.5 Å². The molecule has 0 radical (unpaired) electrons. The van der Waals surface area contributed by atoms with E-state index in [1.165, 1.54) is 0 Å². The maximum Gasteiger partial charge on any atom is 0.202 e. The number of aromatic amines is 1. The molecule has 1 aromatic heterocycles. The SMILES string of the molecule is COc1ccc(-c2nc(S(=O)c3ccc(F)cc3F)[nH]c2-c2ccc(OC)cc2)cc1. The van der Waals surface area contributed by atoms with E-state index in [0.29, 0.717) is 29.0 Å². The van der Waals surface area contributed by atoms with E-state index in [2.05, 4.69) is 9.97 Å². The van der Waals surface area contributed by atoms with Gasteiger partial charge >= 0.3 is 0 Å². The highest BCUT2D eigenvalue weighted by Gasteiger charge is 2.21. The smallest absolute Gasteiger partial charge is 0.202 e. The summed E-state index contributed by atoms with van der Waals surface area (Å²) in [5, 5.41) is 0.0575. The van der Waals surface area contributed by atoms with Crippen LogP contribution in [0.5, 0.6) is 11.5 Å². The van der Waals surface area contributed by atoms with Crippen molar-refractivity contribution in [2.75, 3.05) is 14.2 Å². The number of rotatable bonds is 6. The Balaban J connectivity index is 1.83. The Morgan fingerprint density at radius 2 is 1.42 bits per heavy atom. The molecule has 4 rings (SSSR count). The summed E-state index contributed by atoms with van der Waals surface area (Å²) in [5.74, 6) is -0.267. The molecule has 31 heavy (non-hydrogen) atoms. The van der Waals surface area contributed by atoms with Crippen LogP contribution in [-0.4, -0.2) is 28.4 Å². The summed E-state index contributed by atoms with van der Waals surface area (Å²) in [5.41, 5.74) is 2.69. The number of imidazole rings is 1. The van der Waals surface area contributed by atoms with Crippen LogP contribution in [0.2, 0.25) is 0 Å². The minimum Gasteiger partial charge on any atom is -0.497 e. The predicted octanol–water partition coefficient (Wildman–Crippen LogP) is 5.21.